The van der Waals surface area contributed by atoms with Crippen molar-refractivity contribution in [1.29, 1.82) is 0 Å². The van der Waals surface area contributed by atoms with Crippen molar-refractivity contribution in [2.24, 2.45) is 0 Å². The molecular formula is C12H12BrNO. The highest BCUT2D eigenvalue weighted by molar-refractivity contribution is 9.15. The fourth-order valence-corrected chi connectivity index (χ4v) is 2.39. The minimum Gasteiger partial charge on any atom is -0.295 e. The first kappa shape index (κ1) is 10.6. The van der Waals surface area contributed by atoms with Gasteiger partial charge in [-0.3, -0.25) is 9.78 Å². The number of fused-ring (bicyclic) bond motifs is 1. The number of carbonyl (C=O) groups excluding carboxylic acids is 1. The van der Waals surface area contributed by atoms with Crippen molar-refractivity contribution in [3.8, 4) is 0 Å². The Balaban J connectivity index is 2.55. The molecule has 1 unspecified atom stereocenters. The second-order valence-corrected chi connectivity index (χ2v) is 4.69. The van der Waals surface area contributed by atoms with Gasteiger partial charge in [0.05, 0.1) is 5.69 Å². The molecule has 1 aliphatic rings. The largest absolute Gasteiger partial charge is 0.295 e. The summed E-state index contributed by atoms with van der Waals surface area (Å²) in [5.74, 6) is 0.523. The van der Waals surface area contributed by atoms with E-state index in [4.69, 9.17) is 0 Å². The van der Waals surface area contributed by atoms with E-state index in [0.29, 0.717) is 12.3 Å². The Morgan fingerprint density at radius 3 is 3.13 bits per heavy atom. The SMILES string of the molecule is CC1CCC(=O)/C=C(/Br)c2cccnc21. The van der Waals surface area contributed by atoms with Crippen LogP contribution in [0, 0.1) is 0 Å². The number of nitrogens with zero attached hydrogens (tertiary/aromatic N) is 1. The normalized spacial score (nSPS) is 24.8. The lowest BCUT2D eigenvalue weighted by Gasteiger charge is -2.16. The van der Waals surface area contributed by atoms with Gasteiger partial charge in [-0.15, -0.1) is 0 Å². The molecule has 0 bridgehead atoms. The van der Waals surface area contributed by atoms with E-state index in [2.05, 4.69) is 27.8 Å². The molecule has 3 heteroatoms. The molecule has 1 atom stereocenters. The Kier molecular flexibility index (Phi) is 3.00. The highest BCUT2D eigenvalue weighted by atomic mass is 79.9. The van der Waals surface area contributed by atoms with Crippen LogP contribution in [-0.2, 0) is 4.79 Å². The van der Waals surface area contributed by atoms with Gasteiger partial charge < -0.3 is 0 Å². The molecule has 0 saturated carbocycles. The average Bonchev–Trinajstić information content (AvgIpc) is 2.24. The molecule has 1 heterocycles. The molecule has 0 saturated heterocycles. The van der Waals surface area contributed by atoms with E-state index >= 15 is 0 Å². The van der Waals surface area contributed by atoms with Crippen molar-refractivity contribution in [1.82, 2.24) is 4.98 Å². The zero-order valence-electron chi connectivity index (χ0n) is 8.53. The lowest BCUT2D eigenvalue weighted by atomic mass is 9.93. The van der Waals surface area contributed by atoms with Crippen LogP contribution in [0.2, 0.25) is 0 Å². The standard InChI is InChI=1S/C12H12BrNO/c1-8-4-5-9(15)7-11(13)10-3-2-6-14-12(8)10/h2-3,6-8H,4-5H2,1H3/b11-7+. The minimum absolute atomic E-state index is 0.184. The van der Waals surface area contributed by atoms with E-state index in [9.17, 15) is 4.79 Å². The number of aromatic nitrogens is 1. The summed E-state index contributed by atoms with van der Waals surface area (Å²) >= 11 is 3.44. The summed E-state index contributed by atoms with van der Waals surface area (Å²) < 4.78 is 0.849. The molecule has 2 nitrogen and oxygen atoms in total. The van der Waals surface area contributed by atoms with Gasteiger partial charge in [0.2, 0.25) is 0 Å². The monoisotopic (exact) mass is 265 g/mol. The molecule has 0 aliphatic heterocycles. The van der Waals surface area contributed by atoms with Crippen molar-refractivity contribution in [3.63, 3.8) is 0 Å². The zero-order chi connectivity index (χ0) is 10.8. The van der Waals surface area contributed by atoms with E-state index in [1.54, 1.807) is 12.3 Å². The molecule has 0 radical (unpaired) electrons. The van der Waals surface area contributed by atoms with Gasteiger partial charge in [0.1, 0.15) is 0 Å². The molecule has 78 valence electrons. The van der Waals surface area contributed by atoms with Crippen LogP contribution in [0.15, 0.2) is 24.4 Å². The summed E-state index contributed by atoms with van der Waals surface area (Å²) in [7, 11) is 0. The molecule has 0 amide bonds. The number of carbonyl (C=O) groups is 1. The number of hydrogen-bond donors (Lipinski definition) is 0. The summed E-state index contributed by atoms with van der Waals surface area (Å²) in [5, 5.41) is 0. The zero-order valence-corrected chi connectivity index (χ0v) is 10.1. The van der Waals surface area contributed by atoms with E-state index in [1.165, 1.54) is 0 Å². The third-order valence-electron chi connectivity index (χ3n) is 2.67. The first-order valence-electron chi connectivity index (χ1n) is 5.04. The summed E-state index contributed by atoms with van der Waals surface area (Å²) in [4.78, 5) is 15.9. The lowest BCUT2D eigenvalue weighted by molar-refractivity contribution is -0.114. The Hall–Kier alpha value is -0.960. The number of halogens is 1. The van der Waals surface area contributed by atoms with Crippen LogP contribution in [0.1, 0.15) is 36.9 Å². The minimum atomic E-state index is 0.184. The lowest BCUT2D eigenvalue weighted by Crippen LogP contribution is -2.07. The fourth-order valence-electron chi connectivity index (χ4n) is 1.80. The van der Waals surface area contributed by atoms with Crippen molar-refractivity contribution in [2.45, 2.75) is 25.7 Å². The molecule has 0 spiro atoms. The molecule has 0 N–H and O–H groups in total. The van der Waals surface area contributed by atoms with Crippen molar-refractivity contribution < 1.29 is 4.79 Å². The Labute approximate surface area is 97.5 Å². The Morgan fingerprint density at radius 2 is 2.33 bits per heavy atom. The maximum atomic E-state index is 11.5. The van der Waals surface area contributed by atoms with Crippen molar-refractivity contribution in [3.05, 3.63) is 35.7 Å². The van der Waals surface area contributed by atoms with Crippen molar-refractivity contribution in [2.75, 3.05) is 0 Å². The Morgan fingerprint density at radius 1 is 1.53 bits per heavy atom. The van der Waals surface area contributed by atoms with Gasteiger partial charge >= 0.3 is 0 Å². The van der Waals surface area contributed by atoms with Crippen LogP contribution < -0.4 is 0 Å². The third kappa shape index (κ3) is 2.17. The second-order valence-electron chi connectivity index (χ2n) is 3.83. The smallest absolute Gasteiger partial charge is 0.156 e. The van der Waals surface area contributed by atoms with Gasteiger partial charge in [0.15, 0.2) is 5.78 Å². The molecule has 0 fully saturated rings. The van der Waals surface area contributed by atoms with Gasteiger partial charge in [-0.05, 0) is 40.4 Å². The average molecular weight is 266 g/mol. The van der Waals surface area contributed by atoms with E-state index in [-0.39, 0.29) is 5.78 Å². The summed E-state index contributed by atoms with van der Waals surface area (Å²) in [6.45, 7) is 2.12. The van der Waals surface area contributed by atoms with Crippen LogP contribution in [0.25, 0.3) is 4.48 Å². The fraction of sp³-hybridized carbons (Fsp3) is 0.333. The number of rotatable bonds is 0. The van der Waals surface area contributed by atoms with Crippen LogP contribution in [0.5, 0.6) is 0 Å². The number of pyridine rings is 1. The van der Waals surface area contributed by atoms with Gasteiger partial charge in [-0.25, -0.2) is 0 Å². The second kappa shape index (κ2) is 4.27. The van der Waals surface area contributed by atoms with E-state index in [1.807, 2.05) is 12.1 Å². The molecule has 1 aromatic rings. The maximum Gasteiger partial charge on any atom is 0.156 e. The summed E-state index contributed by atoms with van der Waals surface area (Å²) in [5.41, 5.74) is 2.12. The molecule has 0 aromatic carbocycles. The molecule has 1 aliphatic carbocycles. The molecule has 15 heavy (non-hydrogen) atoms. The topological polar surface area (TPSA) is 30.0 Å². The maximum absolute atomic E-state index is 11.5. The first-order chi connectivity index (χ1) is 7.18. The first-order valence-corrected chi connectivity index (χ1v) is 5.83. The van der Waals surface area contributed by atoms with Gasteiger partial charge in [-0.1, -0.05) is 13.0 Å². The van der Waals surface area contributed by atoms with Gasteiger partial charge in [-0.2, -0.15) is 0 Å². The van der Waals surface area contributed by atoms with Crippen LogP contribution in [0.4, 0.5) is 0 Å². The number of hydrogen-bond acceptors (Lipinski definition) is 2. The molecule has 1 aromatic heterocycles. The van der Waals surface area contributed by atoms with E-state index < -0.39 is 0 Å². The highest BCUT2D eigenvalue weighted by Crippen LogP contribution is 2.32. The van der Waals surface area contributed by atoms with Gasteiger partial charge in [0, 0.05) is 22.7 Å². The van der Waals surface area contributed by atoms with Crippen LogP contribution in [0.3, 0.4) is 0 Å². The molecule has 2 rings (SSSR count). The number of ketones is 1. The summed E-state index contributed by atoms with van der Waals surface area (Å²) in [6, 6.07) is 3.89. The third-order valence-corrected chi connectivity index (χ3v) is 3.33. The van der Waals surface area contributed by atoms with Crippen LogP contribution in [-0.4, -0.2) is 10.8 Å². The Bertz CT molecular complexity index is 425. The predicted molar refractivity (Wildman–Crippen MR) is 63.8 cm³/mol. The predicted octanol–water partition coefficient (Wildman–Crippen LogP) is 3.28. The van der Waals surface area contributed by atoms with E-state index in [0.717, 1.165) is 22.2 Å². The van der Waals surface area contributed by atoms with Gasteiger partial charge in [0.25, 0.3) is 0 Å². The molecular weight excluding hydrogens is 254 g/mol. The quantitative estimate of drug-likeness (QED) is 0.721. The van der Waals surface area contributed by atoms with Crippen molar-refractivity contribution >= 4 is 26.2 Å². The number of allylic oxidation sites excluding steroid dienone is 1. The highest BCUT2D eigenvalue weighted by Gasteiger charge is 2.18. The van der Waals surface area contributed by atoms with Crippen LogP contribution >= 0.6 is 15.9 Å². The summed E-state index contributed by atoms with van der Waals surface area (Å²) in [6.07, 6.45) is 4.94.